The van der Waals surface area contributed by atoms with Crippen LogP contribution in [0.2, 0.25) is 0 Å². The van der Waals surface area contributed by atoms with Crippen LogP contribution in [-0.4, -0.2) is 50.8 Å². The van der Waals surface area contributed by atoms with E-state index in [1.165, 1.54) is 0 Å². The molecule has 1 N–H and O–H groups in total. The third kappa shape index (κ3) is 4.70. The Hall–Kier alpha value is -2.86. The molecule has 0 aliphatic carbocycles. The zero-order chi connectivity index (χ0) is 20.1. The molecule has 2 aromatic rings. The number of rotatable bonds is 7. The Kier molecular flexibility index (Phi) is 6.31. The molecule has 6 nitrogen and oxygen atoms in total. The third-order valence-electron chi connectivity index (χ3n) is 4.96. The summed E-state index contributed by atoms with van der Waals surface area (Å²) < 4.78 is 5.32. The Balaban J connectivity index is 1.64. The van der Waals surface area contributed by atoms with Crippen LogP contribution in [0.3, 0.4) is 0 Å². The number of anilines is 1. The van der Waals surface area contributed by atoms with Crippen molar-refractivity contribution in [3.8, 4) is 5.75 Å². The standard InChI is InChI=1S/C22H28N4O2/c1-16-12-13-26(24-16)19-10-8-17(9-11-19)22(27)23-15-21(25(2)3)18-6-5-7-20(14-18)28-4/h5-11,14,21H,12-13,15H2,1-4H3,(H,23,27). The second-order valence-corrected chi connectivity index (χ2v) is 7.22. The van der Waals surface area contributed by atoms with Crippen LogP contribution in [0, 0.1) is 0 Å². The van der Waals surface area contributed by atoms with E-state index in [4.69, 9.17) is 4.74 Å². The monoisotopic (exact) mass is 380 g/mol. The van der Waals surface area contributed by atoms with Crippen LogP contribution in [0.25, 0.3) is 0 Å². The fourth-order valence-corrected chi connectivity index (χ4v) is 3.28. The second-order valence-electron chi connectivity index (χ2n) is 7.22. The van der Waals surface area contributed by atoms with Crippen molar-refractivity contribution >= 4 is 17.3 Å². The molecule has 28 heavy (non-hydrogen) atoms. The van der Waals surface area contributed by atoms with Crippen LogP contribution in [0.5, 0.6) is 5.75 Å². The lowest BCUT2D eigenvalue weighted by atomic mass is 10.1. The van der Waals surface area contributed by atoms with Gasteiger partial charge in [0.1, 0.15) is 5.75 Å². The average Bonchev–Trinajstić information content (AvgIpc) is 3.14. The minimum absolute atomic E-state index is 0.0558. The number of carbonyl (C=O) groups is 1. The molecule has 0 aromatic heterocycles. The Morgan fingerprint density at radius 3 is 2.61 bits per heavy atom. The summed E-state index contributed by atoms with van der Waals surface area (Å²) in [5, 5.41) is 9.52. The average molecular weight is 380 g/mol. The Morgan fingerprint density at radius 2 is 2.00 bits per heavy atom. The lowest BCUT2D eigenvalue weighted by Crippen LogP contribution is -2.34. The van der Waals surface area contributed by atoms with E-state index in [1.54, 1.807) is 7.11 Å². The van der Waals surface area contributed by atoms with Crippen LogP contribution < -0.4 is 15.1 Å². The zero-order valence-electron chi connectivity index (χ0n) is 17.0. The summed E-state index contributed by atoms with van der Waals surface area (Å²) in [5.74, 6) is 0.730. The van der Waals surface area contributed by atoms with Crippen LogP contribution in [0.15, 0.2) is 53.6 Å². The van der Waals surface area contributed by atoms with E-state index >= 15 is 0 Å². The molecule has 0 fully saturated rings. The highest BCUT2D eigenvalue weighted by Crippen LogP contribution is 2.23. The van der Waals surface area contributed by atoms with Crippen molar-refractivity contribution in [3.63, 3.8) is 0 Å². The largest absolute Gasteiger partial charge is 0.497 e. The maximum Gasteiger partial charge on any atom is 0.251 e. The van der Waals surface area contributed by atoms with Gasteiger partial charge >= 0.3 is 0 Å². The van der Waals surface area contributed by atoms with Gasteiger partial charge in [0, 0.05) is 30.8 Å². The molecular formula is C22H28N4O2. The van der Waals surface area contributed by atoms with E-state index in [9.17, 15) is 4.79 Å². The van der Waals surface area contributed by atoms with Crippen molar-refractivity contribution in [3.05, 3.63) is 59.7 Å². The van der Waals surface area contributed by atoms with Crippen LogP contribution in [-0.2, 0) is 0 Å². The number of nitrogens with zero attached hydrogens (tertiary/aromatic N) is 3. The summed E-state index contributed by atoms with van der Waals surface area (Å²) in [5.41, 5.74) is 3.89. The first-order chi connectivity index (χ1) is 13.5. The lowest BCUT2D eigenvalue weighted by molar-refractivity contribution is 0.0942. The number of benzene rings is 2. The summed E-state index contributed by atoms with van der Waals surface area (Å²) in [7, 11) is 5.66. The van der Waals surface area contributed by atoms with Gasteiger partial charge in [0.2, 0.25) is 0 Å². The predicted octanol–water partition coefficient (Wildman–Crippen LogP) is 3.31. The number of amides is 1. The van der Waals surface area contributed by atoms with Crippen LogP contribution in [0.4, 0.5) is 5.69 Å². The van der Waals surface area contributed by atoms with E-state index in [2.05, 4.69) is 15.3 Å². The topological polar surface area (TPSA) is 57.2 Å². The van der Waals surface area contributed by atoms with Crippen molar-refractivity contribution in [1.82, 2.24) is 10.2 Å². The van der Waals surface area contributed by atoms with Crippen molar-refractivity contribution < 1.29 is 9.53 Å². The number of methoxy groups -OCH3 is 1. The number of hydrogen-bond donors (Lipinski definition) is 1. The molecular weight excluding hydrogens is 352 g/mol. The van der Waals surface area contributed by atoms with Gasteiger partial charge < -0.3 is 15.0 Å². The number of likely N-dealkylation sites (N-methyl/N-ethyl adjacent to an activating group) is 1. The van der Waals surface area contributed by atoms with Gasteiger partial charge in [-0.05, 0) is 63.0 Å². The lowest BCUT2D eigenvalue weighted by Gasteiger charge is -2.25. The van der Waals surface area contributed by atoms with Crippen molar-refractivity contribution in [1.29, 1.82) is 0 Å². The van der Waals surface area contributed by atoms with Crippen LogP contribution in [0.1, 0.15) is 35.3 Å². The van der Waals surface area contributed by atoms with Crippen molar-refractivity contribution in [2.24, 2.45) is 5.10 Å². The quantitative estimate of drug-likeness (QED) is 0.801. The van der Waals surface area contributed by atoms with Gasteiger partial charge in [0.25, 0.3) is 5.91 Å². The number of hydrazone groups is 1. The highest BCUT2D eigenvalue weighted by atomic mass is 16.5. The van der Waals surface area contributed by atoms with Gasteiger partial charge in [0.05, 0.1) is 18.8 Å². The first kappa shape index (κ1) is 19.9. The third-order valence-corrected chi connectivity index (χ3v) is 4.96. The Labute approximate surface area is 166 Å². The molecule has 0 spiro atoms. The molecule has 0 saturated carbocycles. The van der Waals surface area contributed by atoms with E-state index in [-0.39, 0.29) is 11.9 Å². The summed E-state index contributed by atoms with van der Waals surface area (Å²) in [4.78, 5) is 14.7. The van der Waals surface area contributed by atoms with Crippen molar-refractivity contribution in [2.45, 2.75) is 19.4 Å². The molecule has 0 radical (unpaired) electrons. The van der Waals surface area contributed by atoms with Gasteiger partial charge in [-0.2, -0.15) is 5.10 Å². The molecule has 0 bridgehead atoms. The van der Waals surface area contributed by atoms with E-state index in [1.807, 2.05) is 74.6 Å². The van der Waals surface area contributed by atoms with Gasteiger partial charge in [-0.3, -0.25) is 9.80 Å². The van der Waals surface area contributed by atoms with Crippen molar-refractivity contribution in [2.75, 3.05) is 39.3 Å². The maximum atomic E-state index is 12.6. The summed E-state index contributed by atoms with van der Waals surface area (Å²) in [6.07, 6.45) is 0.985. The number of ether oxygens (including phenoxy) is 1. The van der Waals surface area contributed by atoms with Gasteiger partial charge in [-0.15, -0.1) is 0 Å². The molecule has 1 unspecified atom stereocenters. The molecule has 6 heteroatoms. The molecule has 1 heterocycles. The van der Waals surface area contributed by atoms with E-state index < -0.39 is 0 Å². The summed E-state index contributed by atoms with van der Waals surface area (Å²) in [6.45, 7) is 3.43. The maximum absolute atomic E-state index is 12.6. The molecule has 0 saturated heterocycles. The van der Waals surface area contributed by atoms with Crippen LogP contribution >= 0.6 is 0 Å². The number of hydrogen-bond acceptors (Lipinski definition) is 5. The fraction of sp³-hybridized carbons (Fsp3) is 0.364. The molecule has 1 aliphatic rings. The van der Waals surface area contributed by atoms with E-state index in [0.717, 1.165) is 35.7 Å². The predicted molar refractivity (Wildman–Crippen MR) is 113 cm³/mol. The summed E-state index contributed by atoms with van der Waals surface area (Å²) in [6, 6.07) is 15.6. The zero-order valence-corrected chi connectivity index (χ0v) is 17.0. The minimum Gasteiger partial charge on any atom is -0.497 e. The first-order valence-electron chi connectivity index (χ1n) is 9.48. The van der Waals surface area contributed by atoms with Gasteiger partial charge in [-0.1, -0.05) is 12.1 Å². The highest BCUT2D eigenvalue weighted by molar-refractivity contribution is 5.94. The van der Waals surface area contributed by atoms with E-state index in [0.29, 0.717) is 12.1 Å². The smallest absolute Gasteiger partial charge is 0.251 e. The normalized spacial score (nSPS) is 14.8. The number of nitrogens with one attached hydrogen (secondary N) is 1. The second kappa shape index (κ2) is 8.89. The SMILES string of the molecule is COc1cccc(C(CNC(=O)c2ccc(N3CCC(C)=N3)cc2)N(C)C)c1. The van der Waals surface area contributed by atoms with Gasteiger partial charge in [0.15, 0.2) is 0 Å². The highest BCUT2D eigenvalue weighted by Gasteiger charge is 2.17. The summed E-state index contributed by atoms with van der Waals surface area (Å²) >= 11 is 0. The minimum atomic E-state index is -0.0811. The fourth-order valence-electron chi connectivity index (χ4n) is 3.28. The first-order valence-corrected chi connectivity index (χ1v) is 9.48. The molecule has 1 atom stereocenters. The molecule has 1 amide bonds. The number of carbonyl (C=O) groups excluding carboxylic acids is 1. The molecule has 148 valence electrons. The molecule has 2 aromatic carbocycles. The Morgan fingerprint density at radius 1 is 1.25 bits per heavy atom. The molecule has 3 rings (SSSR count). The molecule has 1 aliphatic heterocycles. The van der Waals surface area contributed by atoms with Gasteiger partial charge in [-0.25, -0.2) is 0 Å². The Bertz CT molecular complexity index is 846.